The normalized spacial score (nSPS) is 26.6. The lowest BCUT2D eigenvalue weighted by molar-refractivity contribution is -0.139. The van der Waals surface area contributed by atoms with Gasteiger partial charge >= 0.3 is 0 Å². The Morgan fingerprint density at radius 1 is 1.13 bits per heavy atom. The standard InChI is InChI=1S/C38H47N5O7S2/c1-22(2)28-21-51-35(40-28)27-18-31(26-13-14-30(49-5)23(3)33(26)39-27)50-25-17-29-34(45)41-38(36(46)42-52(47,48)37(4)15-16-37)19-24(38)11-9-7-6-8-10-12-32(44)43(29)20-25/h9,11,13-14,18,21-22,24-25,29H,6-8,10,12,15-17,19-20H2,1-5H3,(H,41,45)(H,42,46)/b11-9-/t24-,25+,29-,38+/m0/s1. The van der Waals surface area contributed by atoms with Crippen LogP contribution < -0.4 is 19.5 Å². The van der Waals surface area contributed by atoms with Crippen LogP contribution in [0.1, 0.15) is 95.7 Å². The molecule has 0 spiro atoms. The van der Waals surface area contributed by atoms with E-state index in [-0.39, 0.29) is 43.6 Å². The first-order valence-corrected chi connectivity index (χ1v) is 20.6. The number of sulfonamides is 1. The summed E-state index contributed by atoms with van der Waals surface area (Å²) in [4.78, 5) is 53.1. The summed E-state index contributed by atoms with van der Waals surface area (Å²) in [6.45, 7) is 7.92. The van der Waals surface area contributed by atoms with Crippen molar-refractivity contribution in [3.8, 4) is 22.2 Å². The van der Waals surface area contributed by atoms with E-state index in [0.717, 1.165) is 40.9 Å². The topological polar surface area (TPSA) is 157 Å². The molecule has 12 nitrogen and oxygen atoms in total. The van der Waals surface area contributed by atoms with Gasteiger partial charge in [-0.2, -0.15) is 0 Å². The Hall–Kier alpha value is -4.04. The maximum Gasteiger partial charge on any atom is 0.259 e. The van der Waals surface area contributed by atoms with Gasteiger partial charge in [-0.25, -0.2) is 18.4 Å². The number of amides is 3. The van der Waals surface area contributed by atoms with Crippen molar-refractivity contribution in [2.45, 2.75) is 114 Å². The summed E-state index contributed by atoms with van der Waals surface area (Å²) < 4.78 is 39.8. The largest absolute Gasteiger partial charge is 0.496 e. The lowest BCUT2D eigenvalue weighted by atomic mass is 10.1. The second-order valence-corrected chi connectivity index (χ2v) is 18.3. The van der Waals surface area contributed by atoms with Crippen molar-refractivity contribution < 1.29 is 32.3 Å². The van der Waals surface area contributed by atoms with Crippen molar-refractivity contribution in [3.63, 3.8) is 0 Å². The maximum absolute atomic E-state index is 14.2. The molecular weight excluding hydrogens is 703 g/mol. The molecule has 3 aromatic rings. The summed E-state index contributed by atoms with van der Waals surface area (Å²) in [5, 5.41) is 6.49. The van der Waals surface area contributed by atoms with Crippen molar-refractivity contribution in [1.82, 2.24) is 24.9 Å². The predicted octanol–water partition coefficient (Wildman–Crippen LogP) is 5.54. The zero-order valence-corrected chi connectivity index (χ0v) is 32.0. The van der Waals surface area contributed by atoms with Crippen LogP contribution in [0.3, 0.4) is 0 Å². The molecule has 14 heteroatoms. The van der Waals surface area contributed by atoms with Crippen molar-refractivity contribution in [2.75, 3.05) is 13.7 Å². The first kappa shape index (κ1) is 36.3. The lowest BCUT2D eigenvalue weighted by Gasteiger charge is -2.27. The zero-order chi connectivity index (χ0) is 37.0. The number of benzene rings is 1. The molecule has 4 aliphatic rings. The number of carbonyl (C=O) groups excluding carboxylic acids is 3. The Labute approximate surface area is 308 Å². The summed E-state index contributed by atoms with van der Waals surface area (Å²) in [6.07, 6.45) is 8.24. The number of allylic oxidation sites excluding steroid dienone is 1. The molecule has 4 atom stereocenters. The van der Waals surface area contributed by atoms with Crippen LogP contribution in [-0.2, 0) is 24.4 Å². The maximum atomic E-state index is 14.2. The number of fused-ring (bicyclic) bond motifs is 3. The van der Waals surface area contributed by atoms with E-state index < -0.39 is 44.3 Å². The average Bonchev–Trinajstić information content (AvgIpc) is 3.87. The Balaban J connectivity index is 1.19. The first-order chi connectivity index (χ1) is 24.7. The van der Waals surface area contributed by atoms with Crippen LogP contribution in [-0.4, -0.2) is 77.1 Å². The summed E-state index contributed by atoms with van der Waals surface area (Å²) in [7, 11) is -2.31. The summed E-state index contributed by atoms with van der Waals surface area (Å²) in [6, 6.07) is 4.73. The third-order valence-electron chi connectivity index (χ3n) is 11.1. The van der Waals surface area contributed by atoms with Gasteiger partial charge in [-0.05, 0) is 70.4 Å². The molecule has 2 aromatic heterocycles. The SMILES string of the molecule is COc1ccc2c(O[C@@H]3C[C@H]4C(=O)N[C@]5(C(=O)NS(=O)(=O)C6(C)CC6)C[C@@H]5/C=C\CCCCCC(=O)N4C3)cc(-c3nc(C(C)C)cs3)nc2c1C. The number of thiazole rings is 1. The Morgan fingerprint density at radius 3 is 2.63 bits per heavy atom. The molecular formula is C38H47N5O7S2. The number of rotatable bonds is 8. The fourth-order valence-corrected chi connectivity index (χ4v) is 9.50. The fraction of sp³-hybridized carbons (Fsp3) is 0.553. The minimum atomic E-state index is -3.92. The van der Waals surface area contributed by atoms with Crippen LogP contribution in [0.2, 0.25) is 0 Å². The second kappa shape index (κ2) is 13.7. The fourth-order valence-electron chi connectivity index (χ4n) is 7.25. The van der Waals surface area contributed by atoms with Crippen LogP contribution >= 0.6 is 11.3 Å². The van der Waals surface area contributed by atoms with E-state index in [1.54, 1.807) is 18.9 Å². The number of aryl methyl sites for hydroxylation is 1. The van der Waals surface area contributed by atoms with E-state index >= 15 is 0 Å². The molecule has 1 saturated heterocycles. The molecule has 2 aliphatic carbocycles. The smallest absolute Gasteiger partial charge is 0.259 e. The predicted molar refractivity (Wildman–Crippen MR) is 199 cm³/mol. The number of nitrogens with zero attached hydrogens (tertiary/aromatic N) is 3. The molecule has 0 unspecified atom stereocenters. The molecule has 2 N–H and O–H groups in total. The molecule has 0 radical (unpaired) electrons. The highest BCUT2D eigenvalue weighted by Crippen LogP contribution is 2.48. The molecule has 52 heavy (non-hydrogen) atoms. The Kier molecular flexibility index (Phi) is 9.60. The van der Waals surface area contributed by atoms with E-state index in [0.29, 0.717) is 42.0 Å². The molecule has 2 saturated carbocycles. The highest BCUT2D eigenvalue weighted by Gasteiger charge is 2.63. The molecule has 1 aromatic carbocycles. The third-order valence-corrected chi connectivity index (χ3v) is 14.1. The number of nitrogens with one attached hydrogen (secondary N) is 2. The number of carbonyl (C=O) groups is 3. The van der Waals surface area contributed by atoms with Gasteiger partial charge in [0.2, 0.25) is 21.8 Å². The highest BCUT2D eigenvalue weighted by molar-refractivity contribution is 7.91. The van der Waals surface area contributed by atoms with E-state index in [1.807, 2.05) is 42.7 Å². The lowest BCUT2D eigenvalue weighted by Crippen LogP contribution is -2.57. The average molecular weight is 750 g/mol. The van der Waals surface area contributed by atoms with Crippen molar-refractivity contribution in [1.29, 1.82) is 0 Å². The number of pyridine rings is 1. The van der Waals surface area contributed by atoms with Gasteiger partial charge in [0.1, 0.15) is 39.9 Å². The van der Waals surface area contributed by atoms with Crippen LogP contribution in [0.15, 0.2) is 35.7 Å². The van der Waals surface area contributed by atoms with E-state index in [2.05, 4.69) is 23.9 Å². The Bertz CT molecular complexity index is 2060. The monoisotopic (exact) mass is 749 g/mol. The van der Waals surface area contributed by atoms with Crippen LogP contribution in [0.5, 0.6) is 11.5 Å². The van der Waals surface area contributed by atoms with Gasteiger partial charge in [0.15, 0.2) is 0 Å². The van der Waals surface area contributed by atoms with Gasteiger partial charge in [-0.1, -0.05) is 32.4 Å². The van der Waals surface area contributed by atoms with Crippen molar-refractivity contribution in [2.24, 2.45) is 5.92 Å². The highest BCUT2D eigenvalue weighted by atomic mass is 32.2. The summed E-state index contributed by atoms with van der Waals surface area (Å²) >= 11 is 1.51. The van der Waals surface area contributed by atoms with Gasteiger partial charge in [0.05, 0.1) is 29.6 Å². The van der Waals surface area contributed by atoms with Gasteiger partial charge in [-0.3, -0.25) is 19.1 Å². The molecule has 3 amide bonds. The number of hydrogen-bond acceptors (Lipinski definition) is 10. The summed E-state index contributed by atoms with van der Waals surface area (Å²) in [5.41, 5.74) is 1.76. The Morgan fingerprint density at radius 2 is 1.92 bits per heavy atom. The van der Waals surface area contributed by atoms with Gasteiger partial charge in [0.25, 0.3) is 5.91 Å². The third kappa shape index (κ3) is 6.79. The van der Waals surface area contributed by atoms with Crippen molar-refractivity contribution in [3.05, 3.63) is 47.0 Å². The van der Waals surface area contributed by atoms with E-state index in [9.17, 15) is 22.8 Å². The second-order valence-electron chi connectivity index (χ2n) is 15.2. The minimum absolute atomic E-state index is 0.154. The summed E-state index contributed by atoms with van der Waals surface area (Å²) in [5.74, 6) is -0.246. The van der Waals surface area contributed by atoms with Gasteiger partial charge in [-0.15, -0.1) is 11.3 Å². The molecule has 4 heterocycles. The van der Waals surface area contributed by atoms with E-state index in [4.69, 9.17) is 19.4 Å². The molecule has 7 rings (SSSR count). The molecule has 3 fully saturated rings. The number of ether oxygens (including phenoxy) is 2. The van der Waals surface area contributed by atoms with Gasteiger partial charge < -0.3 is 19.7 Å². The van der Waals surface area contributed by atoms with Gasteiger partial charge in [0, 0.05) is 41.2 Å². The molecule has 278 valence electrons. The first-order valence-electron chi connectivity index (χ1n) is 18.2. The quantitative estimate of drug-likeness (QED) is 0.282. The van der Waals surface area contributed by atoms with Crippen molar-refractivity contribution >= 4 is 50.0 Å². The van der Waals surface area contributed by atoms with Crippen LogP contribution in [0.25, 0.3) is 21.6 Å². The zero-order valence-electron chi connectivity index (χ0n) is 30.4. The number of methoxy groups -OCH3 is 1. The van der Waals surface area contributed by atoms with E-state index in [1.165, 1.54) is 11.3 Å². The number of aromatic nitrogens is 2. The van der Waals surface area contributed by atoms with Crippen LogP contribution in [0.4, 0.5) is 0 Å². The molecule has 2 aliphatic heterocycles. The minimum Gasteiger partial charge on any atom is -0.496 e. The molecule has 0 bridgehead atoms. The number of hydrogen-bond donors (Lipinski definition) is 2. The van der Waals surface area contributed by atoms with Crippen LogP contribution in [0, 0.1) is 12.8 Å².